The molecule has 0 radical (unpaired) electrons. The summed E-state index contributed by atoms with van der Waals surface area (Å²) in [5.41, 5.74) is -0.114. The summed E-state index contributed by atoms with van der Waals surface area (Å²) >= 11 is 8.37. The normalized spacial score (nSPS) is 23.5. The molecule has 0 atom stereocenters. The Balaban J connectivity index is 1.26. The molecule has 0 aliphatic heterocycles. The molecule has 0 spiro atoms. The van der Waals surface area contributed by atoms with E-state index in [0.717, 1.165) is 10.3 Å². The largest absolute Gasteiger partial charge is 0.484 e. The first-order chi connectivity index (χ1) is 14.3. The van der Waals surface area contributed by atoms with Crippen molar-refractivity contribution in [1.82, 2.24) is 10.6 Å². The Morgan fingerprint density at radius 1 is 1.30 bits per heavy atom. The number of amides is 2. The highest BCUT2D eigenvalue weighted by Gasteiger charge is 2.69. The molecular formula is C20H17ClFN3O3S2. The minimum absolute atomic E-state index is 0.0101. The number of thiophene rings is 1. The lowest BCUT2D eigenvalue weighted by atomic mass is 9.44. The molecule has 3 fully saturated rings. The van der Waals surface area contributed by atoms with E-state index in [2.05, 4.69) is 16.7 Å². The molecule has 2 amide bonds. The summed E-state index contributed by atoms with van der Waals surface area (Å²) in [6.45, 7) is -0.230. The molecule has 2 bridgehead atoms. The van der Waals surface area contributed by atoms with Gasteiger partial charge >= 0.3 is 0 Å². The van der Waals surface area contributed by atoms with E-state index in [4.69, 9.17) is 21.6 Å². The molecule has 0 saturated heterocycles. The van der Waals surface area contributed by atoms with E-state index < -0.39 is 5.82 Å². The topological polar surface area (TPSA) is 91.2 Å². The van der Waals surface area contributed by atoms with Crippen molar-refractivity contribution >= 4 is 46.5 Å². The zero-order valence-electron chi connectivity index (χ0n) is 15.9. The Morgan fingerprint density at radius 2 is 2.00 bits per heavy atom. The van der Waals surface area contributed by atoms with Gasteiger partial charge in [-0.1, -0.05) is 11.6 Å². The third kappa shape index (κ3) is 3.87. The van der Waals surface area contributed by atoms with Gasteiger partial charge in [0.2, 0.25) is 0 Å². The maximum absolute atomic E-state index is 13.4. The van der Waals surface area contributed by atoms with Gasteiger partial charge in [0.25, 0.3) is 11.8 Å². The monoisotopic (exact) mass is 465 g/mol. The van der Waals surface area contributed by atoms with Crippen LogP contribution >= 0.6 is 34.7 Å². The SMILES string of the molecule is CSc1sc(C(=O)NC23CC(NC(=O)COc4ccc(Cl)c(F)c4)(C2)C3)cc1C#N. The summed E-state index contributed by atoms with van der Waals surface area (Å²) in [6, 6.07) is 7.71. The molecule has 0 unspecified atom stereocenters. The Bertz CT molecular complexity index is 1060. The van der Waals surface area contributed by atoms with Crippen LogP contribution in [-0.4, -0.2) is 35.8 Å². The van der Waals surface area contributed by atoms with Gasteiger partial charge in [0, 0.05) is 17.1 Å². The molecule has 5 rings (SSSR count). The van der Waals surface area contributed by atoms with Gasteiger partial charge in [-0.2, -0.15) is 5.26 Å². The first-order valence-electron chi connectivity index (χ1n) is 9.06. The highest BCUT2D eigenvalue weighted by Crippen LogP contribution is 2.60. The molecule has 3 saturated carbocycles. The van der Waals surface area contributed by atoms with Crippen LogP contribution in [0.25, 0.3) is 0 Å². The highest BCUT2D eigenvalue weighted by atomic mass is 35.5. The molecular weight excluding hydrogens is 449 g/mol. The van der Waals surface area contributed by atoms with E-state index >= 15 is 0 Å². The second kappa shape index (κ2) is 7.76. The van der Waals surface area contributed by atoms with Crippen LogP contribution in [-0.2, 0) is 4.79 Å². The number of hydrogen-bond acceptors (Lipinski definition) is 6. The maximum atomic E-state index is 13.4. The quantitative estimate of drug-likeness (QED) is 0.608. The number of thioether (sulfide) groups is 1. The standard InChI is InChI=1S/C20H17ClFN3O3S2/c1-29-18-11(6-23)4-15(30-18)17(27)25-20-8-19(9-20,10-20)24-16(26)7-28-12-2-3-13(21)14(22)5-12/h2-5H,7-10H2,1H3,(H,24,26)(H,25,27). The molecule has 156 valence electrons. The van der Waals surface area contributed by atoms with Crippen molar-refractivity contribution in [1.29, 1.82) is 5.26 Å². The van der Waals surface area contributed by atoms with Crippen LogP contribution in [0.15, 0.2) is 28.5 Å². The number of hydrogen-bond donors (Lipinski definition) is 2. The van der Waals surface area contributed by atoms with Gasteiger partial charge in [-0.05, 0) is 43.7 Å². The van der Waals surface area contributed by atoms with Crippen molar-refractivity contribution in [2.24, 2.45) is 0 Å². The highest BCUT2D eigenvalue weighted by molar-refractivity contribution is 8.00. The molecule has 3 aliphatic carbocycles. The van der Waals surface area contributed by atoms with Crippen molar-refractivity contribution in [3.8, 4) is 11.8 Å². The van der Waals surface area contributed by atoms with Gasteiger partial charge in [-0.25, -0.2) is 4.39 Å². The first kappa shape index (κ1) is 21.0. The predicted molar refractivity (Wildman–Crippen MR) is 113 cm³/mol. The van der Waals surface area contributed by atoms with Crippen LogP contribution in [0.5, 0.6) is 5.75 Å². The van der Waals surface area contributed by atoms with Crippen molar-refractivity contribution < 1.29 is 18.7 Å². The fraction of sp³-hybridized carbons (Fsp3) is 0.350. The molecule has 1 heterocycles. The lowest BCUT2D eigenvalue weighted by Crippen LogP contribution is -2.84. The van der Waals surface area contributed by atoms with Crippen LogP contribution in [0.3, 0.4) is 0 Å². The van der Waals surface area contributed by atoms with Crippen LogP contribution in [0.2, 0.25) is 5.02 Å². The summed E-state index contributed by atoms with van der Waals surface area (Å²) in [6.07, 6.45) is 3.83. The Labute approximate surface area is 185 Å². The van der Waals surface area contributed by atoms with E-state index in [1.54, 1.807) is 6.07 Å². The first-order valence-corrected chi connectivity index (χ1v) is 11.5. The van der Waals surface area contributed by atoms with Gasteiger partial charge in [-0.15, -0.1) is 23.1 Å². The predicted octanol–water partition coefficient (Wildman–Crippen LogP) is 3.73. The molecule has 10 heteroatoms. The summed E-state index contributed by atoms with van der Waals surface area (Å²) in [7, 11) is 0. The van der Waals surface area contributed by atoms with Gasteiger partial charge in [0.05, 0.1) is 19.7 Å². The lowest BCUT2D eigenvalue weighted by molar-refractivity contribution is -0.141. The van der Waals surface area contributed by atoms with E-state index in [-0.39, 0.29) is 40.3 Å². The average molecular weight is 466 g/mol. The minimum Gasteiger partial charge on any atom is -0.484 e. The number of halogens is 2. The van der Waals surface area contributed by atoms with E-state index in [1.807, 2.05) is 6.26 Å². The molecule has 30 heavy (non-hydrogen) atoms. The van der Waals surface area contributed by atoms with Crippen LogP contribution in [0.4, 0.5) is 4.39 Å². The average Bonchev–Trinajstić information content (AvgIpc) is 3.10. The van der Waals surface area contributed by atoms with Gasteiger partial charge in [0.1, 0.15) is 17.6 Å². The lowest BCUT2D eigenvalue weighted by Gasteiger charge is -2.70. The summed E-state index contributed by atoms with van der Waals surface area (Å²) in [4.78, 5) is 25.2. The van der Waals surface area contributed by atoms with E-state index in [0.29, 0.717) is 29.7 Å². The zero-order valence-corrected chi connectivity index (χ0v) is 18.3. The number of carbonyl (C=O) groups excluding carboxylic acids is 2. The summed E-state index contributed by atoms with van der Waals surface area (Å²) in [5, 5.41) is 15.1. The number of rotatable bonds is 7. The zero-order chi connectivity index (χ0) is 21.5. The summed E-state index contributed by atoms with van der Waals surface area (Å²) < 4.78 is 19.5. The number of benzene rings is 1. The van der Waals surface area contributed by atoms with Crippen molar-refractivity contribution in [2.75, 3.05) is 12.9 Å². The molecule has 2 N–H and O–H groups in total. The number of carbonyl (C=O) groups is 2. The minimum atomic E-state index is -0.607. The third-order valence-electron chi connectivity index (χ3n) is 5.30. The van der Waals surface area contributed by atoms with Gasteiger partial charge in [-0.3, -0.25) is 9.59 Å². The number of nitriles is 1. The fourth-order valence-corrected chi connectivity index (χ4v) is 5.90. The van der Waals surface area contributed by atoms with E-state index in [9.17, 15) is 14.0 Å². The van der Waals surface area contributed by atoms with Crippen molar-refractivity contribution in [3.05, 3.63) is 45.5 Å². The summed E-state index contributed by atoms with van der Waals surface area (Å²) in [5.74, 6) is -0.870. The van der Waals surface area contributed by atoms with Crippen molar-refractivity contribution in [3.63, 3.8) is 0 Å². The van der Waals surface area contributed by atoms with Gasteiger partial charge < -0.3 is 15.4 Å². The Kier molecular flexibility index (Phi) is 5.43. The van der Waals surface area contributed by atoms with Crippen LogP contribution < -0.4 is 15.4 Å². The molecule has 3 aliphatic rings. The van der Waals surface area contributed by atoms with E-state index in [1.165, 1.54) is 35.2 Å². The Morgan fingerprint density at radius 3 is 2.60 bits per heavy atom. The smallest absolute Gasteiger partial charge is 0.261 e. The molecule has 1 aromatic carbocycles. The Hall–Kier alpha value is -2.28. The molecule has 1 aromatic heterocycles. The number of nitrogens with one attached hydrogen (secondary N) is 2. The number of nitrogens with zero attached hydrogens (tertiary/aromatic N) is 1. The maximum Gasteiger partial charge on any atom is 0.261 e. The van der Waals surface area contributed by atoms with Crippen LogP contribution in [0.1, 0.15) is 34.5 Å². The van der Waals surface area contributed by atoms with Crippen molar-refractivity contribution in [2.45, 2.75) is 34.5 Å². The molecule has 2 aromatic rings. The number of ether oxygens (including phenoxy) is 1. The third-order valence-corrected chi connectivity index (χ3v) is 7.88. The fourth-order valence-electron chi connectivity index (χ4n) is 4.12. The van der Waals surface area contributed by atoms with Gasteiger partial charge in [0.15, 0.2) is 6.61 Å². The molecule has 6 nitrogen and oxygen atoms in total. The van der Waals surface area contributed by atoms with Crippen LogP contribution in [0, 0.1) is 17.1 Å². The second-order valence-corrected chi connectivity index (χ2v) is 10.1. The second-order valence-electron chi connectivity index (χ2n) is 7.59.